The summed E-state index contributed by atoms with van der Waals surface area (Å²) in [5.74, 6) is 0.195. The number of hydrogen-bond donors (Lipinski definition) is 2. The molecular formula is C13H23N3O2. The molecule has 3 atom stereocenters. The molecule has 5 nitrogen and oxygen atoms in total. The monoisotopic (exact) mass is 253 g/mol. The van der Waals surface area contributed by atoms with E-state index in [1.165, 1.54) is 19.4 Å². The van der Waals surface area contributed by atoms with Gasteiger partial charge in [-0.2, -0.15) is 0 Å². The van der Waals surface area contributed by atoms with Gasteiger partial charge in [0.05, 0.1) is 12.1 Å². The standard InChI is InChI=1S/C13H23N3O2/c17-11-7-12(14-8-11)13(18)16-6-2-5-15-4-1-3-10(15)9-16/h10-12,14,17H,1-9H2. The van der Waals surface area contributed by atoms with E-state index in [4.69, 9.17) is 0 Å². The van der Waals surface area contributed by atoms with Crippen LogP contribution in [-0.4, -0.2) is 71.7 Å². The first-order valence-electron chi connectivity index (χ1n) is 7.18. The Labute approximate surface area is 108 Å². The van der Waals surface area contributed by atoms with E-state index in [-0.39, 0.29) is 18.1 Å². The first kappa shape index (κ1) is 12.4. The molecule has 18 heavy (non-hydrogen) atoms. The van der Waals surface area contributed by atoms with Gasteiger partial charge in [0.1, 0.15) is 0 Å². The van der Waals surface area contributed by atoms with E-state index in [0.717, 1.165) is 26.1 Å². The van der Waals surface area contributed by atoms with Gasteiger partial charge in [0.25, 0.3) is 0 Å². The molecule has 0 aliphatic carbocycles. The maximum absolute atomic E-state index is 12.4. The van der Waals surface area contributed by atoms with Gasteiger partial charge in [0.15, 0.2) is 0 Å². The molecule has 3 aliphatic heterocycles. The number of aliphatic hydroxyl groups excluding tert-OH is 1. The molecule has 0 radical (unpaired) electrons. The first-order valence-corrected chi connectivity index (χ1v) is 7.18. The maximum atomic E-state index is 12.4. The average Bonchev–Trinajstić information content (AvgIpc) is 2.93. The molecule has 2 N–H and O–H groups in total. The van der Waals surface area contributed by atoms with Gasteiger partial charge in [-0.1, -0.05) is 0 Å². The summed E-state index contributed by atoms with van der Waals surface area (Å²) in [6.07, 6.45) is 3.80. The molecule has 0 spiro atoms. The first-order chi connectivity index (χ1) is 8.74. The number of fused-ring (bicyclic) bond motifs is 1. The summed E-state index contributed by atoms with van der Waals surface area (Å²) in [5, 5.41) is 12.6. The van der Waals surface area contributed by atoms with Crippen molar-refractivity contribution in [3.8, 4) is 0 Å². The molecule has 3 rings (SSSR count). The second-order valence-electron chi connectivity index (χ2n) is 5.82. The molecular weight excluding hydrogens is 230 g/mol. The second-order valence-corrected chi connectivity index (χ2v) is 5.82. The van der Waals surface area contributed by atoms with Gasteiger partial charge in [0.2, 0.25) is 5.91 Å². The van der Waals surface area contributed by atoms with Crippen molar-refractivity contribution < 1.29 is 9.90 Å². The minimum atomic E-state index is -0.353. The Kier molecular flexibility index (Phi) is 3.54. The van der Waals surface area contributed by atoms with Crippen LogP contribution in [0.25, 0.3) is 0 Å². The zero-order valence-electron chi connectivity index (χ0n) is 10.8. The molecule has 3 saturated heterocycles. The molecule has 0 bridgehead atoms. The van der Waals surface area contributed by atoms with Crippen LogP contribution in [0.15, 0.2) is 0 Å². The van der Waals surface area contributed by atoms with E-state index < -0.39 is 0 Å². The molecule has 0 aromatic carbocycles. The lowest BCUT2D eigenvalue weighted by molar-refractivity contribution is -0.133. The highest BCUT2D eigenvalue weighted by molar-refractivity contribution is 5.82. The highest BCUT2D eigenvalue weighted by Crippen LogP contribution is 2.22. The average molecular weight is 253 g/mol. The van der Waals surface area contributed by atoms with Crippen molar-refractivity contribution in [3.63, 3.8) is 0 Å². The number of carbonyl (C=O) groups excluding carboxylic acids is 1. The maximum Gasteiger partial charge on any atom is 0.239 e. The Morgan fingerprint density at radius 1 is 1.22 bits per heavy atom. The third-order valence-electron chi connectivity index (χ3n) is 4.52. The minimum Gasteiger partial charge on any atom is -0.392 e. The number of rotatable bonds is 1. The summed E-state index contributed by atoms with van der Waals surface area (Å²) in [7, 11) is 0. The van der Waals surface area contributed by atoms with Gasteiger partial charge < -0.3 is 15.3 Å². The lowest BCUT2D eigenvalue weighted by atomic mass is 10.1. The number of hydrogen-bond acceptors (Lipinski definition) is 4. The van der Waals surface area contributed by atoms with Crippen LogP contribution in [0.4, 0.5) is 0 Å². The van der Waals surface area contributed by atoms with Crippen molar-refractivity contribution in [2.24, 2.45) is 0 Å². The van der Waals surface area contributed by atoms with E-state index in [1.807, 2.05) is 4.90 Å². The third kappa shape index (κ3) is 2.39. The van der Waals surface area contributed by atoms with Crippen LogP contribution in [0.2, 0.25) is 0 Å². The summed E-state index contributed by atoms with van der Waals surface area (Å²) >= 11 is 0. The molecule has 3 aliphatic rings. The summed E-state index contributed by atoms with van der Waals surface area (Å²) in [5.41, 5.74) is 0. The summed E-state index contributed by atoms with van der Waals surface area (Å²) in [4.78, 5) is 17.0. The fourth-order valence-corrected chi connectivity index (χ4v) is 3.53. The van der Waals surface area contributed by atoms with Crippen LogP contribution in [0, 0.1) is 0 Å². The Balaban J connectivity index is 1.62. The van der Waals surface area contributed by atoms with Crippen LogP contribution in [0.3, 0.4) is 0 Å². The normalized spacial score (nSPS) is 37.6. The minimum absolute atomic E-state index is 0.159. The number of aliphatic hydroxyl groups is 1. The number of carbonyl (C=O) groups is 1. The Morgan fingerprint density at radius 2 is 2.06 bits per heavy atom. The van der Waals surface area contributed by atoms with E-state index >= 15 is 0 Å². The predicted molar refractivity (Wildman–Crippen MR) is 68.2 cm³/mol. The number of amides is 1. The molecule has 0 aromatic rings. The van der Waals surface area contributed by atoms with Gasteiger partial charge in [-0.05, 0) is 32.2 Å². The fourth-order valence-electron chi connectivity index (χ4n) is 3.53. The second kappa shape index (κ2) is 5.15. The lowest BCUT2D eigenvalue weighted by Gasteiger charge is -2.27. The van der Waals surface area contributed by atoms with Crippen LogP contribution in [0.1, 0.15) is 25.7 Å². The quantitative estimate of drug-likeness (QED) is 0.655. The van der Waals surface area contributed by atoms with Crippen LogP contribution in [0.5, 0.6) is 0 Å². The topological polar surface area (TPSA) is 55.8 Å². The molecule has 3 fully saturated rings. The highest BCUT2D eigenvalue weighted by atomic mass is 16.3. The Morgan fingerprint density at radius 3 is 2.83 bits per heavy atom. The fraction of sp³-hybridized carbons (Fsp3) is 0.923. The third-order valence-corrected chi connectivity index (χ3v) is 4.52. The van der Waals surface area contributed by atoms with Crippen molar-refractivity contribution in [3.05, 3.63) is 0 Å². The molecule has 5 heteroatoms. The summed E-state index contributed by atoms with van der Waals surface area (Å²) in [6.45, 7) is 4.65. The van der Waals surface area contributed by atoms with Crippen LogP contribution >= 0.6 is 0 Å². The highest BCUT2D eigenvalue weighted by Gasteiger charge is 2.35. The van der Waals surface area contributed by atoms with Gasteiger partial charge in [-0.25, -0.2) is 0 Å². The largest absolute Gasteiger partial charge is 0.392 e. The zero-order valence-corrected chi connectivity index (χ0v) is 10.8. The van der Waals surface area contributed by atoms with E-state index in [0.29, 0.717) is 19.0 Å². The van der Waals surface area contributed by atoms with Gasteiger partial charge in [-0.3, -0.25) is 9.69 Å². The predicted octanol–water partition coefficient (Wildman–Crippen LogP) is -0.594. The zero-order chi connectivity index (χ0) is 12.5. The molecule has 0 saturated carbocycles. The van der Waals surface area contributed by atoms with Crippen molar-refractivity contribution in [1.82, 2.24) is 15.1 Å². The van der Waals surface area contributed by atoms with Crippen LogP contribution in [-0.2, 0) is 4.79 Å². The smallest absolute Gasteiger partial charge is 0.239 e. The molecule has 3 unspecified atom stereocenters. The Hall–Kier alpha value is -0.650. The molecule has 3 heterocycles. The summed E-state index contributed by atoms with van der Waals surface area (Å²) in [6, 6.07) is 0.413. The lowest BCUT2D eigenvalue weighted by Crippen LogP contribution is -2.47. The molecule has 102 valence electrons. The van der Waals surface area contributed by atoms with Gasteiger partial charge in [0, 0.05) is 32.2 Å². The summed E-state index contributed by atoms with van der Waals surface area (Å²) < 4.78 is 0. The number of β-amino-alcohol motifs (C(OH)–C–C–N with tert-alkyl or cyclic N) is 1. The van der Waals surface area contributed by atoms with Gasteiger partial charge >= 0.3 is 0 Å². The van der Waals surface area contributed by atoms with Crippen molar-refractivity contribution >= 4 is 5.91 Å². The van der Waals surface area contributed by atoms with Crippen LogP contribution < -0.4 is 5.32 Å². The number of nitrogens with zero attached hydrogens (tertiary/aromatic N) is 2. The molecule has 0 aromatic heterocycles. The SMILES string of the molecule is O=C(C1CC(O)CN1)N1CCCN2CCCC2C1. The van der Waals surface area contributed by atoms with Crippen molar-refractivity contribution in [2.45, 2.75) is 43.9 Å². The van der Waals surface area contributed by atoms with Crippen molar-refractivity contribution in [1.29, 1.82) is 0 Å². The molecule has 1 amide bonds. The van der Waals surface area contributed by atoms with E-state index in [2.05, 4.69) is 10.2 Å². The Bertz CT molecular complexity index is 323. The van der Waals surface area contributed by atoms with E-state index in [1.54, 1.807) is 0 Å². The van der Waals surface area contributed by atoms with Gasteiger partial charge in [-0.15, -0.1) is 0 Å². The number of nitrogens with one attached hydrogen (secondary N) is 1. The van der Waals surface area contributed by atoms with E-state index in [9.17, 15) is 9.90 Å². The van der Waals surface area contributed by atoms with Crippen molar-refractivity contribution in [2.75, 3.05) is 32.7 Å².